The highest BCUT2D eigenvalue weighted by Crippen LogP contribution is 2.21. The largest absolute Gasteiger partial charge is 0.381 e. The number of ether oxygens (including phenoxy) is 1. The molecule has 1 aromatic heterocycles. The fourth-order valence-corrected chi connectivity index (χ4v) is 2.44. The highest BCUT2D eigenvalue weighted by molar-refractivity contribution is 5.21. The van der Waals surface area contributed by atoms with E-state index in [1.165, 1.54) is 36.8 Å². The fourth-order valence-electron chi connectivity index (χ4n) is 2.44. The number of nitrogens with one attached hydrogen (secondary N) is 1. The van der Waals surface area contributed by atoms with Gasteiger partial charge in [-0.25, -0.2) is 0 Å². The van der Waals surface area contributed by atoms with Crippen LogP contribution >= 0.6 is 0 Å². The molecule has 0 spiro atoms. The lowest BCUT2D eigenvalue weighted by molar-refractivity contribution is 0.0624. The van der Waals surface area contributed by atoms with E-state index in [-0.39, 0.29) is 0 Å². The molecule has 1 aliphatic rings. The number of pyridine rings is 1. The molecule has 1 fully saturated rings. The zero-order valence-corrected chi connectivity index (χ0v) is 10.8. The Hall–Kier alpha value is -0.930. The van der Waals surface area contributed by atoms with Crippen LogP contribution in [-0.4, -0.2) is 24.2 Å². The lowest BCUT2D eigenvalue weighted by Crippen LogP contribution is -2.34. The van der Waals surface area contributed by atoms with Crippen LogP contribution in [0.2, 0.25) is 0 Å². The third-order valence-electron chi connectivity index (χ3n) is 3.74. The summed E-state index contributed by atoms with van der Waals surface area (Å²) in [7, 11) is 1.82. The Balaban J connectivity index is 1.78. The van der Waals surface area contributed by atoms with E-state index in [0.29, 0.717) is 12.1 Å². The number of nitrogens with zero attached hydrogens (tertiary/aromatic N) is 1. The first-order valence-corrected chi connectivity index (χ1v) is 6.45. The van der Waals surface area contributed by atoms with Gasteiger partial charge in [-0.1, -0.05) is 0 Å². The number of methoxy groups -OCH3 is 1. The van der Waals surface area contributed by atoms with Gasteiger partial charge in [0, 0.05) is 32.1 Å². The monoisotopic (exact) mass is 234 g/mol. The average molecular weight is 234 g/mol. The van der Waals surface area contributed by atoms with Crippen molar-refractivity contribution in [1.29, 1.82) is 0 Å². The van der Waals surface area contributed by atoms with E-state index in [1.807, 2.05) is 19.5 Å². The highest BCUT2D eigenvalue weighted by atomic mass is 16.5. The average Bonchev–Trinajstić information content (AvgIpc) is 2.38. The molecule has 0 aliphatic heterocycles. The molecular formula is C14H22N2O. The summed E-state index contributed by atoms with van der Waals surface area (Å²) in [6, 6.07) is 2.71. The first kappa shape index (κ1) is 12.5. The predicted molar refractivity (Wildman–Crippen MR) is 68.9 cm³/mol. The number of rotatable bonds is 4. The Morgan fingerprint density at radius 3 is 2.76 bits per heavy atom. The first-order chi connectivity index (χ1) is 8.29. The molecule has 0 aromatic carbocycles. The van der Waals surface area contributed by atoms with Crippen molar-refractivity contribution in [1.82, 2.24) is 10.3 Å². The Bertz CT molecular complexity index is 346. The minimum absolute atomic E-state index is 0.480. The Morgan fingerprint density at radius 2 is 2.12 bits per heavy atom. The lowest BCUT2D eigenvalue weighted by Gasteiger charge is -2.28. The van der Waals surface area contributed by atoms with Crippen LogP contribution in [0.4, 0.5) is 0 Å². The van der Waals surface area contributed by atoms with Crippen LogP contribution in [0.1, 0.15) is 36.8 Å². The van der Waals surface area contributed by atoms with Gasteiger partial charge in [-0.05, 0) is 49.8 Å². The van der Waals surface area contributed by atoms with Gasteiger partial charge in [0.2, 0.25) is 0 Å². The van der Waals surface area contributed by atoms with Crippen LogP contribution in [0.3, 0.4) is 0 Å². The van der Waals surface area contributed by atoms with Gasteiger partial charge in [0.05, 0.1) is 6.10 Å². The van der Waals surface area contributed by atoms with Gasteiger partial charge in [0.15, 0.2) is 0 Å². The number of aryl methyl sites for hydroxylation is 1. The second-order valence-corrected chi connectivity index (χ2v) is 4.89. The van der Waals surface area contributed by atoms with Crippen LogP contribution < -0.4 is 5.32 Å². The third kappa shape index (κ3) is 3.51. The van der Waals surface area contributed by atoms with Crippen molar-refractivity contribution in [2.24, 2.45) is 0 Å². The van der Waals surface area contributed by atoms with Crippen molar-refractivity contribution < 1.29 is 4.74 Å². The summed E-state index contributed by atoms with van der Waals surface area (Å²) in [5.41, 5.74) is 2.62. The van der Waals surface area contributed by atoms with Crippen molar-refractivity contribution in [2.75, 3.05) is 7.11 Å². The molecule has 94 valence electrons. The first-order valence-electron chi connectivity index (χ1n) is 6.45. The second-order valence-electron chi connectivity index (χ2n) is 4.89. The topological polar surface area (TPSA) is 34.1 Å². The van der Waals surface area contributed by atoms with Crippen LogP contribution in [0.25, 0.3) is 0 Å². The molecule has 3 heteroatoms. The summed E-state index contributed by atoms with van der Waals surface area (Å²) < 4.78 is 5.38. The van der Waals surface area contributed by atoms with Crippen LogP contribution in [0.5, 0.6) is 0 Å². The summed E-state index contributed by atoms with van der Waals surface area (Å²) in [6.07, 6.45) is 9.09. The summed E-state index contributed by atoms with van der Waals surface area (Å²) in [4.78, 5) is 4.17. The van der Waals surface area contributed by atoms with Gasteiger partial charge in [-0.3, -0.25) is 4.98 Å². The van der Waals surface area contributed by atoms with Crippen molar-refractivity contribution in [2.45, 2.75) is 51.3 Å². The SMILES string of the molecule is COC1CCC(NCc2cnccc2C)CC1. The van der Waals surface area contributed by atoms with Gasteiger partial charge in [0.1, 0.15) is 0 Å². The maximum atomic E-state index is 5.38. The number of aromatic nitrogens is 1. The van der Waals surface area contributed by atoms with Gasteiger partial charge in [-0.2, -0.15) is 0 Å². The molecular weight excluding hydrogens is 212 g/mol. The van der Waals surface area contributed by atoms with Gasteiger partial charge >= 0.3 is 0 Å². The van der Waals surface area contributed by atoms with Crippen LogP contribution in [0, 0.1) is 6.92 Å². The standard InChI is InChI=1S/C14H22N2O/c1-11-7-8-15-9-12(11)10-16-13-3-5-14(17-2)6-4-13/h7-9,13-14,16H,3-6,10H2,1-2H3. The molecule has 17 heavy (non-hydrogen) atoms. The molecule has 0 amide bonds. The normalized spacial score (nSPS) is 24.8. The molecule has 1 N–H and O–H groups in total. The van der Waals surface area contributed by atoms with E-state index in [2.05, 4.69) is 23.3 Å². The Morgan fingerprint density at radius 1 is 1.35 bits per heavy atom. The summed E-state index contributed by atoms with van der Waals surface area (Å²) >= 11 is 0. The fraction of sp³-hybridized carbons (Fsp3) is 0.643. The molecule has 1 saturated carbocycles. The van der Waals surface area contributed by atoms with Crippen LogP contribution in [-0.2, 0) is 11.3 Å². The maximum Gasteiger partial charge on any atom is 0.0572 e. The Kier molecular flexibility index (Phi) is 4.51. The predicted octanol–water partition coefficient (Wildman–Crippen LogP) is 2.44. The molecule has 0 bridgehead atoms. The molecule has 0 radical (unpaired) electrons. The molecule has 1 aliphatic carbocycles. The molecule has 1 aromatic rings. The smallest absolute Gasteiger partial charge is 0.0572 e. The van der Waals surface area contributed by atoms with Crippen molar-refractivity contribution in [3.8, 4) is 0 Å². The highest BCUT2D eigenvalue weighted by Gasteiger charge is 2.20. The lowest BCUT2D eigenvalue weighted by atomic mass is 9.93. The van der Waals surface area contributed by atoms with Gasteiger partial charge < -0.3 is 10.1 Å². The molecule has 0 unspecified atom stereocenters. The minimum Gasteiger partial charge on any atom is -0.381 e. The van der Waals surface area contributed by atoms with Gasteiger partial charge in [-0.15, -0.1) is 0 Å². The second kappa shape index (κ2) is 6.12. The van der Waals surface area contributed by atoms with Crippen molar-refractivity contribution in [3.63, 3.8) is 0 Å². The van der Waals surface area contributed by atoms with E-state index >= 15 is 0 Å². The van der Waals surface area contributed by atoms with Crippen LogP contribution in [0.15, 0.2) is 18.5 Å². The van der Waals surface area contributed by atoms with Crippen molar-refractivity contribution in [3.05, 3.63) is 29.6 Å². The minimum atomic E-state index is 0.480. The molecule has 0 atom stereocenters. The van der Waals surface area contributed by atoms with Gasteiger partial charge in [0.25, 0.3) is 0 Å². The molecule has 0 saturated heterocycles. The molecule has 2 rings (SSSR count). The zero-order chi connectivity index (χ0) is 12.1. The van der Waals surface area contributed by atoms with Crippen molar-refractivity contribution >= 4 is 0 Å². The third-order valence-corrected chi connectivity index (χ3v) is 3.74. The number of hydrogen-bond donors (Lipinski definition) is 1. The summed E-state index contributed by atoms with van der Waals surface area (Å²) in [5, 5.41) is 3.63. The van der Waals surface area contributed by atoms with E-state index in [4.69, 9.17) is 4.74 Å². The maximum absolute atomic E-state index is 5.38. The summed E-state index contributed by atoms with van der Waals surface area (Å²) in [6.45, 7) is 3.07. The van der Waals surface area contributed by atoms with E-state index in [0.717, 1.165) is 6.54 Å². The van der Waals surface area contributed by atoms with E-state index in [9.17, 15) is 0 Å². The van der Waals surface area contributed by atoms with E-state index < -0.39 is 0 Å². The number of hydrogen-bond acceptors (Lipinski definition) is 3. The summed E-state index contributed by atoms with van der Waals surface area (Å²) in [5.74, 6) is 0. The quantitative estimate of drug-likeness (QED) is 0.869. The molecule has 3 nitrogen and oxygen atoms in total. The zero-order valence-electron chi connectivity index (χ0n) is 10.8. The Labute approximate surface area is 104 Å². The van der Waals surface area contributed by atoms with E-state index in [1.54, 1.807) is 0 Å². The molecule has 1 heterocycles.